The second-order valence-electron chi connectivity index (χ2n) is 8.83. The molecule has 3 fully saturated rings. The van der Waals surface area contributed by atoms with E-state index in [1.54, 1.807) is 0 Å². The normalized spacial score (nSPS) is 35.8. The van der Waals surface area contributed by atoms with E-state index in [1.165, 1.54) is 0 Å². The summed E-state index contributed by atoms with van der Waals surface area (Å²) in [4.78, 5) is 0. The van der Waals surface area contributed by atoms with Crippen LogP contribution in [0.4, 0.5) is 0 Å². The van der Waals surface area contributed by atoms with Crippen molar-refractivity contribution in [1.29, 1.82) is 0 Å². The molecule has 3 aliphatic rings. The first-order valence-electron chi connectivity index (χ1n) is 10.9. The minimum Gasteiger partial charge on any atom is -0.375 e. The van der Waals surface area contributed by atoms with Crippen LogP contribution in [0.1, 0.15) is 26.3 Å². The van der Waals surface area contributed by atoms with Gasteiger partial charge in [0.15, 0.2) is 0 Å². The molecule has 0 saturated carbocycles. The van der Waals surface area contributed by atoms with Gasteiger partial charge >= 0.3 is 8.80 Å². The van der Waals surface area contributed by atoms with Gasteiger partial charge in [-0.2, -0.15) is 0 Å². The molecule has 3 heterocycles. The van der Waals surface area contributed by atoms with E-state index in [2.05, 4.69) is 32.9 Å². The largest absolute Gasteiger partial charge is 0.505 e. The summed E-state index contributed by atoms with van der Waals surface area (Å²) < 4.78 is 36.5. The summed E-state index contributed by atoms with van der Waals surface area (Å²) in [6.07, 6.45) is 0.341. The van der Waals surface area contributed by atoms with Crippen molar-refractivity contribution in [2.75, 3.05) is 39.6 Å². The molecule has 0 amide bonds. The van der Waals surface area contributed by atoms with Crippen LogP contribution in [0.3, 0.4) is 0 Å². The summed E-state index contributed by atoms with van der Waals surface area (Å²) in [6.45, 7) is 10.5. The molecule has 3 saturated heterocycles. The Balaban J connectivity index is 1.47. The van der Waals surface area contributed by atoms with Crippen LogP contribution in [0.5, 0.6) is 0 Å². The van der Waals surface area contributed by atoms with E-state index in [4.69, 9.17) is 27.5 Å². The molecular formula is C22H34O6Si. The zero-order valence-corrected chi connectivity index (χ0v) is 18.8. The first kappa shape index (κ1) is 21.4. The Hall–Kier alpha value is -0.803. The van der Waals surface area contributed by atoms with Gasteiger partial charge in [0.05, 0.1) is 58.0 Å². The zero-order valence-electron chi connectivity index (χ0n) is 17.8. The molecule has 6 unspecified atom stereocenters. The molecule has 0 radical (unpaired) electrons. The number of hydrogen-bond donors (Lipinski definition) is 0. The quantitative estimate of drug-likeness (QED) is 0.511. The van der Waals surface area contributed by atoms with Gasteiger partial charge in [-0.3, -0.25) is 0 Å². The fourth-order valence-corrected chi connectivity index (χ4v) is 6.21. The molecule has 0 bridgehead atoms. The first-order valence-corrected chi connectivity index (χ1v) is 12.8. The lowest BCUT2D eigenvalue weighted by Crippen LogP contribution is -2.56. The van der Waals surface area contributed by atoms with Gasteiger partial charge in [-0.05, 0) is 5.56 Å². The van der Waals surface area contributed by atoms with Crippen LogP contribution in [-0.2, 0) is 33.5 Å². The molecule has 1 aromatic rings. The maximum absolute atomic E-state index is 6.47. The standard InChI is InChI=1S/C22H34O6Si/c1-16-9-23-20(16)12-26-29(15-19-7-5-4-6-8-19,27-13-21-17(2)10-24-21)28-14-22-18(3)11-25-22/h4-8,16-18,20-22H,9-15H2,1-3H3. The van der Waals surface area contributed by atoms with Crippen LogP contribution >= 0.6 is 0 Å². The third-order valence-corrected chi connectivity index (χ3v) is 8.95. The minimum absolute atomic E-state index is 0.114. The Bertz CT molecular complexity index is 588. The van der Waals surface area contributed by atoms with Gasteiger partial charge in [-0.25, -0.2) is 0 Å². The van der Waals surface area contributed by atoms with Gasteiger partial charge in [0, 0.05) is 23.8 Å². The van der Waals surface area contributed by atoms with E-state index in [1.807, 2.05) is 18.2 Å². The second-order valence-corrected chi connectivity index (χ2v) is 11.4. The summed E-state index contributed by atoms with van der Waals surface area (Å²) in [7, 11) is -3.00. The maximum atomic E-state index is 6.47. The summed E-state index contributed by atoms with van der Waals surface area (Å²) >= 11 is 0. The number of ether oxygens (including phenoxy) is 3. The van der Waals surface area contributed by atoms with Gasteiger partial charge in [0.1, 0.15) is 0 Å². The number of hydrogen-bond acceptors (Lipinski definition) is 6. The third kappa shape index (κ3) is 5.28. The molecule has 29 heavy (non-hydrogen) atoms. The van der Waals surface area contributed by atoms with Crippen LogP contribution in [0.25, 0.3) is 0 Å². The van der Waals surface area contributed by atoms with Gasteiger partial charge < -0.3 is 27.5 Å². The molecular weight excluding hydrogens is 388 g/mol. The fraction of sp³-hybridized carbons (Fsp3) is 0.727. The highest BCUT2D eigenvalue weighted by molar-refractivity contribution is 6.60. The lowest BCUT2D eigenvalue weighted by atomic mass is 10.0. The average Bonchev–Trinajstić information content (AvgIpc) is 2.71. The Kier molecular flexibility index (Phi) is 7.06. The van der Waals surface area contributed by atoms with Crippen molar-refractivity contribution in [1.82, 2.24) is 0 Å². The molecule has 3 aliphatic heterocycles. The van der Waals surface area contributed by atoms with E-state index in [0.29, 0.717) is 43.6 Å². The molecule has 0 aromatic heterocycles. The van der Waals surface area contributed by atoms with E-state index in [-0.39, 0.29) is 18.3 Å². The van der Waals surface area contributed by atoms with E-state index in [0.717, 1.165) is 25.4 Å². The van der Waals surface area contributed by atoms with E-state index < -0.39 is 8.80 Å². The van der Waals surface area contributed by atoms with Crippen LogP contribution in [-0.4, -0.2) is 66.8 Å². The Labute approximate surface area is 175 Å². The second kappa shape index (κ2) is 9.56. The zero-order chi connectivity index (χ0) is 20.3. The Morgan fingerprint density at radius 3 is 1.45 bits per heavy atom. The predicted molar refractivity (Wildman–Crippen MR) is 110 cm³/mol. The van der Waals surface area contributed by atoms with Gasteiger partial charge in [-0.15, -0.1) is 0 Å². The molecule has 0 spiro atoms. The fourth-order valence-electron chi connectivity index (χ4n) is 3.66. The predicted octanol–water partition coefficient (Wildman–Crippen LogP) is 2.86. The highest BCUT2D eigenvalue weighted by atomic mass is 28.4. The topological polar surface area (TPSA) is 55.4 Å². The molecule has 4 rings (SSSR count). The van der Waals surface area contributed by atoms with Crippen molar-refractivity contribution in [2.45, 2.75) is 45.1 Å². The minimum atomic E-state index is -3.00. The lowest BCUT2D eigenvalue weighted by Gasteiger charge is -2.41. The summed E-state index contributed by atoms with van der Waals surface area (Å²) in [5.74, 6) is 1.51. The first-order chi connectivity index (χ1) is 14.0. The Morgan fingerprint density at radius 2 is 1.14 bits per heavy atom. The summed E-state index contributed by atoms with van der Waals surface area (Å²) in [6, 6.07) is 10.9. The van der Waals surface area contributed by atoms with Crippen LogP contribution in [0, 0.1) is 17.8 Å². The number of benzene rings is 1. The highest BCUT2D eigenvalue weighted by Crippen LogP contribution is 2.28. The smallest absolute Gasteiger partial charge is 0.375 e. The molecule has 7 heteroatoms. The van der Waals surface area contributed by atoms with E-state index >= 15 is 0 Å². The van der Waals surface area contributed by atoms with Gasteiger partial charge in [0.2, 0.25) is 0 Å². The molecule has 0 aliphatic carbocycles. The van der Waals surface area contributed by atoms with Crippen LogP contribution in [0.2, 0.25) is 0 Å². The lowest BCUT2D eigenvalue weighted by molar-refractivity contribution is -0.157. The molecule has 6 nitrogen and oxygen atoms in total. The number of rotatable bonds is 11. The maximum Gasteiger partial charge on any atom is 0.505 e. The monoisotopic (exact) mass is 422 g/mol. The SMILES string of the molecule is CC1COC1CO[Si](Cc1ccccc1)(OCC1OCC1C)OCC1OCC1C. The van der Waals surface area contributed by atoms with Crippen LogP contribution < -0.4 is 0 Å². The van der Waals surface area contributed by atoms with Crippen molar-refractivity contribution in [3.8, 4) is 0 Å². The van der Waals surface area contributed by atoms with Crippen molar-refractivity contribution in [2.24, 2.45) is 17.8 Å². The average molecular weight is 423 g/mol. The van der Waals surface area contributed by atoms with Crippen molar-refractivity contribution in [3.05, 3.63) is 35.9 Å². The third-order valence-electron chi connectivity index (χ3n) is 6.29. The molecule has 6 atom stereocenters. The summed E-state index contributed by atoms with van der Waals surface area (Å²) in [5.41, 5.74) is 1.16. The molecule has 0 N–H and O–H groups in total. The molecule has 1 aromatic carbocycles. The molecule has 162 valence electrons. The van der Waals surface area contributed by atoms with Crippen molar-refractivity contribution >= 4 is 8.80 Å². The van der Waals surface area contributed by atoms with Crippen molar-refractivity contribution in [3.63, 3.8) is 0 Å². The highest BCUT2D eigenvalue weighted by Gasteiger charge is 2.46. The van der Waals surface area contributed by atoms with E-state index in [9.17, 15) is 0 Å². The van der Waals surface area contributed by atoms with Crippen LogP contribution in [0.15, 0.2) is 30.3 Å². The van der Waals surface area contributed by atoms with Gasteiger partial charge in [0.25, 0.3) is 0 Å². The summed E-state index contributed by atoms with van der Waals surface area (Å²) in [5, 5.41) is 0. The van der Waals surface area contributed by atoms with Crippen molar-refractivity contribution < 1.29 is 27.5 Å². The Morgan fingerprint density at radius 1 is 0.724 bits per heavy atom. The van der Waals surface area contributed by atoms with Gasteiger partial charge in [-0.1, -0.05) is 51.1 Å².